The molecule has 0 aromatic heterocycles. The van der Waals surface area contributed by atoms with E-state index in [9.17, 15) is 0 Å². The average molecular weight is 1200 g/mol. The van der Waals surface area contributed by atoms with Crippen molar-refractivity contribution in [3.63, 3.8) is 0 Å². The van der Waals surface area contributed by atoms with Crippen LogP contribution in [0.1, 0.15) is 5.56 Å². The second-order valence-corrected chi connectivity index (χ2v) is 34.9. The van der Waals surface area contributed by atoms with Crippen molar-refractivity contribution < 1.29 is 0 Å². The highest BCUT2D eigenvalue weighted by atomic mass is 32.3. The first-order valence-electron chi connectivity index (χ1n) is 21.6. The van der Waals surface area contributed by atoms with Crippen LogP contribution in [0.25, 0.3) is 65.6 Å². The Kier molecular flexibility index (Phi) is 14.6. The summed E-state index contributed by atoms with van der Waals surface area (Å²) in [6.07, 6.45) is 11.3. The number of hydrogen-bond donors (Lipinski definition) is 0. The molecule has 0 bridgehead atoms. The molecule has 0 aliphatic carbocycles. The molecule has 0 radical (unpaired) electrons. The Hall–Kier alpha value is -0.900. The molecule has 0 fully saturated rings. The van der Waals surface area contributed by atoms with Gasteiger partial charge in [0, 0.05) is 26.4 Å². The summed E-state index contributed by atoms with van der Waals surface area (Å²) in [5.41, 5.74) is 2.58. The van der Waals surface area contributed by atoms with E-state index >= 15 is 0 Å². The lowest BCUT2D eigenvalue weighted by Crippen LogP contribution is -2.16. The number of benzene rings is 7. The predicted octanol–water partition coefficient (Wildman–Crippen LogP) is 19.3. The zero-order valence-electron chi connectivity index (χ0n) is 37.2. The molecule has 0 atom stereocenters. The highest BCUT2D eigenvalue weighted by Crippen LogP contribution is 2.70. The quantitative estimate of drug-likeness (QED) is 0.145. The summed E-state index contributed by atoms with van der Waals surface area (Å²) in [7, 11) is 0. The molecule has 16 heteroatoms. The van der Waals surface area contributed by atoms with Gasteiger partial charge >= 0.3 is 0 Å². The Balaban J connectivity index is 0.835. The van der Waals surface area contributed by atoms with Gasteiger partial charge in [-0.05, 0) is 79.8 Å². The average Bonchev–Trinajstić information content (AvgIpc) is 4.27. The number of rotatable bonds is 6. The van der Waals surface area contributed by atoms with Crippen molar-refractivity contribution in [2.45, 2.75) is 0 Å². The lowest BCUT2D eigenvalue weighted by Gasteiger charge is -2.13. The van der Waals surface area contributed by atoms with Crippen molar-refractivity contribution >= 4 is 254 Å². The fourth-order valence-electron chi connectivity index (χ4n) is 8.94. The molecule has 0 N–H and O–H groups in total. The summed E-state index contributed by atoms with van der Waals surface area (Å²) in [6, 6.07) is 47.5. The van der Waals surface area contributed by atoms with Crippen LogP contribution < -0.4 is 20.9 Å². The van der Waals surface area contributed by atoms with Crippen molar-refractivity contribution in [3.05, 3.63) is 202 Å². The molecule has 6 aliphatic heterocycles. The summed E-state index contributed by atoms with van der Waals surface area (Å²) in [4.78, 5) is 0. The van der Waals surface area contributed by atoms with Crippen molar-refractivity contribution in [2.24, 2.45) is 0 Å². The summed E-state index contributed by atoms with van der Waals surface area (Å²) in [6.45, 7) is 0. The molecule has 0 unspecified atom stereocenters. The zero-order valence-corrected chi connectivity index (χ0v) is 50.3. The summed E-state index contributed by atoms with van der Waals surface area (Å²) in [5, 5.41) is 16.2. The van der Waals surface area contributed by atoms with Crippen molar-refractivity contribution in [1.82, 2.24) is 0 Å². The van der Waals surface area contributed by atoms with Crippen LogP contribution in [0.5, 0.6) is 0 Å². The van der Waals surface area contributed by atoms with E-state index in [-0.39, 0.29) is 0 Å². The van der Waals surface area contributed by atoms with E-state index in [2.05, 4.69) is 158 Å². The molecule has 7 aromatic rings. The van der Waals surface area contributed by atoms with Gasteiger partial charge in [0.1, 0.15) is 0 Å². The fourth-order valence-corrected chi connectivity index (χ4v) is 32.1. The van der Waals surface area contributed by atoms with E-state index in [0.29, 0.717) is 0 Å². The Morgan fingerprint density at radius 2 is 0.571 bits per heavy atom. The number of fused-ring (bicyclic) bond motifs is 4. The normalized spacial score (nSPS) is 18.3. The fraction of sp³-hybridized carbons (Fsp3) is 0.0741. The van der Waals surface area contributed by atoms with Gasteiger partial charge in [0.2, 0.25) is 0 Å². The molecule has 0 saturated carbocycles. The minimum atomic E-state index is 1.27. The van der Waals surface area contributed by atoms with Gasteiger partial charge < -0.3 is 0 Å². The lowest BCUT2D eigenvalue weighted by atomic mass is 9.99. The van der Waals surface area contributed by atoms with Gasteiger partial charge in [-0.3, -0.25) is 0 Å². The Morgan fingerprint density at radius 1 is 0.300 bits per heavy atom. The van der Waals surface area contributed by atoms with Crippen LogP contribution >= 0.6 is 188 Å². The van der Waals surface area contributed by atoms with Crippen LogP contribution in [-0.4, -0.2) is 25.0 Å². The molecule has 0 spiro atoms. The monoisotopic (exact) mass is 1190 g/mol. The van der Waals surface area contributed by atoms with Crippen LogP contribution in [0.3, 0.4) is 0 Å². The van der Waals surface area contributed by atoms with E-state index < -0.39 is 0 Å². The first-order chi connectivity index (χ1) is 34.5. The van der Waals surface area contributed by atoms with Gasteiger partial charge in [-0.25, -0.2) is 0 Å². The van der Waals surface area contributed by atoms with E-state index in [4.69, 9.17) is 0 Å². The van der Waals surface area contributed by atoms with E-state index in [1.54, 1.807) is 0 Å². The third kappa shape index (κ3) is 8.74. The largest absolute Gasteiger partial charge is 0.121 e. The van der Waals surface area contributed by atoms with Gasteiger partial charge in [0.25, 0.3) is 0 Å². The first kappa shape index (κ1) is 48.7. The molecule has 13 rings (SSSR count). The molecule has 0 amide bonds. The van der Waals surface area contributed by atoms with Crippen LogP contribution in [0.2, 0.25) is 0 Å². The summed E-state index contributed by atoms with van der Waals surface area (Å²) in [5.74, 6) is 0. The van der Waals surface area contributed by atoms with Gasteiger partial charge in [0.05, 0.1) is 59.3 Å². The maximum atomic E-state index is 2.48. The first-order valence-corrected chi connectivity index (χ1v) is 36.3. The molecule has 346 valence electrons. The highest BCUT2D eigenvalue weighted by molar-refractivity contribution is 8.53. The SMILES string of the molecule is CSC1=C(SC)SC(=c2c3ccccc3c(=C3SC4=C(SC(=CC(=C5SC6=C(S5)SC(=c5c7ccccc7c(=C7SC(SC)=C(SC)S7)c7ccccc57)S6)c5ccccc5)S4)S3)c3ccccc23)S1. The zero-order chi connectivity index (χ0) is 47.0. The number of thioether (sulfide) groups is 16. The smallest absolute Gasteiger partial charge is 0.0717 e. The third-order valence-corrected chi connectivity index (χ3v) is 33.5. The van der Waals surface area contributed by atoms with Gasteiger partial charge in [-0.2, -0.15) is 0 Å². The van der Waals surface area contributed by atoms with E-state index in [1.165, 1.54) is 134 Å². The van der Waals surface area contributed by atoms with E-state index in [0.717, 1.165) is 0 Å². The molecule has 7 aromatic carbocycles. The maximum absolute atomic E-state index is 2.48. The predicted molar refractivity (Wildman–Crippen MR) is 350 cm³/mol. The third-order valence-electron chi connectivity index (χ3n) is 11.9. The number of hydrogen-bond acceptors (Lipinski definition) is 16. The van der Waals surface area contributed by atoms with Crippen LogP contribution in [0.15, 0.2) is 176 Å². The molecule has 0 nitrogen and oxygen atoms in total. The van der Waals surface area contributed by atoms with E-state index in [1.807, 2.05) is 188 Å². The van der Waals surface area contributed by atoms with Crippen LogP contribution in [0, 0.1) is 0 Å². The van der Waals surface area contributed by atoms with Gasteiger partial charge in [-0.15, -0.1) is 47.0 Å². The standard InChI is InChI=1S/C54H34S16/c1-55-47-48(56-2)64-43(63-47)38-28-18-8-12-22-32(28)40(33-23-13-9-19-29(33)38)45-67-51-52(68-45)60-37(59-51)26-36(27-16-6-5-7-17-27)42-61-53-54(62-42)70-46(69-53)41-34-24-14-10-20-30(34)39(31-21-11-15-25-35(31)41)44-65-49(57-3)50(58-4)66-44/h5-26H,1-4H3. The molecule has 6 aliphatic rings. The van der Waals surface area contributed by atoms with Crippen molar-refractivity contribution in [1.29, 1.82) is 0 Å². The Bertz CT molecular complexity index is 3730. The molecule has 0 saturated heterocycles. The van der Waals surface area contributed by atoms with Crippen molar-refractivity contribution in [2.75, 3.05) is 25.0 Å². The Morgan fingerprint density at radius 3 is 0.871 bits per heavy atom. The number of allylic oxidation sites excluding steroid dienone is 2. The van der Waals surface area contributed by atoms with Gasteiger partial charge in [0.15, 0.2) is 0 Å². The lowest BCUT2D eigenvalue weighted by molar-refractivity contribution is 1.63. The molecular weight excluding hydrogens is 1160 g/mol. The summed E-state index contributed by atoms with van der Waals surface area (Å²) >= 11 is 30.9. The minimum absolute atomic E-state index is 1.27. The topological polar surface area (TPSA) is 0 Å². The second-order valence-electron chi connectivity index (χ2n) is 15.7. The van der Waals surface area contributed by atoms with Crippen molar-refractivity contribution in [3.8, 4) is 0 Å². The summed E-state index contributed by atoms with van der Waals surface area (Å²) < 4.78 is 19.5. The second kappa shape index (κ2) is 20.9. The molecular formula is C54H34S16. The maximum Gasteiger partial charge on any atom is 0.0717 e. The molecule has 6 heterocycles. The molecule has 70 heavy (non-hydrogen) atoms. The van der Waals surface area contributed by atoms with Crippen LogP contribution in [0.4, 0.5) is 0 Å². The van der Waals surface area contributed by atoms with Gasteiger partial charge in [-0.1, -0.05) is 269 Å². The van der Waals surface area contributed by atoms with Crippen LogP contribution in [-0.2, 0) is 0 Å². The Labute approximate surface area is 475 Å². The minimum Gasteiger partial charge on any atom is -0.121 e. The highest BCUT2D eigenvalue weighted by Gasteiger charge is 2.35.